The summed E-state index contributed by atoms with van der Waals surface area (Å²) in [6.07, 6.45) is 6.13. The van der Waals surface area contributed by atoms with Crippen molar-refractivity contribution in [2.75, 3.05) is 10.6 Å². The predicted octanol–water partition coefficient (Wildman–Crippen LogP) is 4.19. The maximum Gasteiger partial charge on any atom is 0.251 e. The molecule has 3 atom stereocenters. The van der Waals surface area contributed by atoms with Gasteiger partial charge in [0.1, 0.15) is 0 Å². The maximum absolute atomic E-state index is 12.7. The van der Waals surface area contributed by atoms with Gasteiger partial charge in [0.2, 0.25) is 10.0 Å². The van der Waals surface area contributed by atoms with Crippen molar-refractivity contribution < 1.29 is 13.2 Å². The van der Waals surface area contributed by atoms with E-state index in [1.807, 2.05) is 44.2 Å². The Balaban J connectivity index is 1.48. The molecule has 1 amide bonds. The third kappa shape index (κ3) is 4.38. The molecule has 0 unspecified atom stereocenters. The number of hydrogen-bond acceptors (Lipinski definition) is 3. The van der Waals surface area contributed by atoms with E-state index in [2.05, 4.69) is 5.32 Å². The van der Waals surface area contributed by atoms with E-state index >= 15 is 0 Å². The van der Waals surface area contributed by atoms with Crippen molar-refractivity contribution in [2.45, 2.75) is 52.1 Å². The Bertz CT molecular complexity index is 1050. The van der Waals surface area contributed by atoms with Crippen molar-refractivity contribution in [1.82, 2.24) is 5.32 Å². The molecule has 0 saturated heterocycles. The van der Waals surface area contributed by atoms with Crippen LogP contribution in [0, 0.1) is 25.7 Å². The lowest BCUT2D eigenvalue weighted by atomic mass is 9.95. The van der Waals surface area contributed by atoms with Crippen LogP contribution in [-0.4, -0.2) is 26.6 Å². The van der Waals surface area contributed by atoms with Gasteiger partial charge in [-0.25, -0.2) is 8.42 Å². The maximum atomic E-state index is 12.7. The second-order valence-corrected chi connectivity index (χ2v) is 10.9. The topological polar surface area (TPSA) is 66.5 Å². The van der Waals surface area contributed by atoms with Crippen LogP contribution in [0.2, 0.25) is 0 Å². The predicted molar refractivity (Wildman–Crippen MR) is 120 cm³/mol. The van der Waals surface area contributed by atoms with Gasteiger partial charge in [-0.2, -0.15) is 0 Å². The van der Waals surface area contributed by atoms with Crippen molar-refractivity contribution in [3.63, 3.8) is 0 Å². The minimum atomic E-state index is -3.45. The molecule has 2 bridgehead atoms. The highest BCUT2D eigenvalue weighted by Gasteiger charge is 2.40. The highest BCUT2D eigenvalue weighted by atomic mass is 32.2. The molecule has 5 nitrogen and oxygen atoms in total. The van der Waals surface area contributed by atoms with Gasteiger partial charge >= 0.3 is 0 Å². The normalized spacial score (nSPS) is 22.8. The Kier molecular flexibility index (Phi) is 5.62. The number of carbonyl (C=O) groups excluding carboxylic acids is 1. The first-order valence-electron chi connectivity index (χ1n) is 10.7. The van der Waals surface area contributed by atoms with Crippen LogP contribution in [0.25, 0.3) is 0 Å². The summed E-state index contributed by atoms with van der Waals surface area (Å²) in [5, 5.41) is 3.21. The van der Waals surface area contributed by atoms with E-state index in [1.54, 1.807) is 12.1 Å². The van der Waals surface area contributed by atoms with Crippen LogP contribution in [-0.2, 0) is 16.6 Å². The highest BCUT2D eigenvalue weighted by molar-refractivity contribution is 7.92. The number of benzene rings is 2. The van der Waals surface area contributed by atoms with Crippen molar-refractivity contribution in [3.05, 3.63) is 64.7 Å². The Labute approximate surface area is 179 Å². The van der Waals surface area contributed by atoms with Crippen LogP contribution < -0.4 is 9.62 Å². The summed E-state index contributed by atoms with van der Waals surface area (Å²) in [4.78, 5) is 12.7. The average molecular weight is 427 g/mol. The summed E-state index contributed by atoms with van der Waals surface area (Å²) < 4.78 is 26.4. The molecule has 0 radical (unpaired) electrons. The molecule has 2 aliphatic carbocycles. The largest absolute Gasteiger partial charge is 0.349 e. The molecular weight excluding hydrogens is 396 g/mol. The first-order chi connectivity index (χ1) is 14.2. The lowest BCUT2D eigenvalue weighted by Crippen LogP contribution is -2.38. The zero-order valence-corrected chi connectivity index (χ0v) is 18.7. The second-order valence-electron chi connectivity index (χ2n) is 9.01. The number of anilines is 1. The number of amides is 1. The van der Waals surface area contributed by atoms with Gasteiger partial charge < -0.3 is 5.32 Å². The minimum Gasteiger partial charge on any atom is -0.349 e. The number of nitrogens with zero attached hydrogens (tertiary/aromatic N) is 1. The third-order valence-corrected chi connectivity index (χ3v) is 7.76. The quantitative estimate of drug-likeness (QED) is 0.753. The molecule has 0 spiro atoms. The summed E-state index contributed by atoms with van der Waals surface area (Å²) in [5.41, 5.74) is 4.08. The Morgan fingerprint density at radius 2 is 1.80 bits per heavy atom. The molecule has 6 heteroatoms. The van der Waals surface area contributed by atoms with Gasteiger partial charge in [0.05, 0.1) is 18.5 Å². The summed E-state index contributed by atoms with van der Waals surface area (Å²) in [5.74, 6) is 1.39. The van der Waals surface area contributed by atoms with Gasteiger partial charge in [-0.15, -0.1) is 0 Å². The van der Waals surface area contributed by atoms with Gasteiger partial charge in [0, 0.05) is 11.6 Å². The number of sulfonamides is 1. The first kappa shape index (κ1) is 20.9. The fourth-order valence-corrected chi connectivity index (χ4v) is 5.91. The Morgan fingerprint density at radius 1 is 1.07 bits per heavy atom. The van der Waals surface area contributed by atoms with Gasteiger partial charge in [-0.3, -0.25) is 9.10 Å². The van der Waals surface area contributed by atoms with Gasteiger partial charge in [-0.1, -0.05) is 30.7 Å². The molecule has 0 heterocycles. The SMILES string of the molecule is Cc1ccc(C)c(N(Cc2ccc(C(=O)N[C@@H]3C[C@H]4CC[C@H]3C4)cc2)S(C)(=O)=O)c1. The molecule has 2 saturated carbocycles. The molecule has 160 valence electrons. The van der Waals surface area contributed by atoms with Crippen molar-refractivity contribution >= 4 is 21.6 Å². The van der Waals surface area contributed by atoms with E-state index in [1.165, 1.54) is 29.8 Å². The zero-order valence-electron chi connectivity index (χ0n) is 17.9. The van der Waals surface area contributed by atoms with Crippen LogP contribution in [0.1, 0.15) is 52.7 Å². The zero-order chi connectivity index (χ0) is 21.5. The molecular formula is C24H30N2O3S. The van der Waals surface area contributed by atoms with Crippen molar-refractivity contribution in [3.8, 4) is 0 Å². The summed E-state index contributed by atoms with van der Waals surface area (Å²) in [7, 11) is -3.45. The van der Waals surface area contributed by atoms with Crippen molar-refractivity contribution in [2.24, 2.45) is 11.8 Å². The second kappa shape index (κ2) is 8.06. The molecule has 2 fully saturated rings. The van der Waals surface area contributed by atoms with E-state index in [0.717, 1.165) is 29.0 Å². The molecule has 30 heavy (non-hydrogen) atoms. The lowest BCUT2D eigenvalue weighted by Gasteiger charge is -2.25. The van der Waals surface area contributed by atoms with Gasteiger partial charge in [0.25, 0.3) is 5.91 Å². The van der Waals surface area contributed by atoms with E-state index in [-0.39, 0.29) is 12.5 Å². The van der Waals surface area contributed by atoms with Gasteiger partial charge in [0.15, 0.2) is 0 Å². The number of nitrogens with one attached hydrogen (secondary N) is 1. The van der Waals surface area contributed by atoms with Crippen LogP contribution in [0.15, 0.2) is 42.5 Å². The third-order valence-electron chi connectivity index (χ3n) is 6.63. The first-order valence-corrected chi connectivity index (χ1v) is 12.5. The minimum absolute atomic E-state index is 0.0337. The van der Waals surface area contributed by atoms with Gasteiger partial charge in [-0.05, 0) is 79.8 Å². The average Bonchev–Trinajstić information content (AvgIpc) is 3.31. The molecule has 0 aliphatic heterocycles. The molecule has 4 rings (SSSR count). The Morgan fingerprint density at radius 3 is 2.40 bits per heavy atom. The Hall–Kier alpha value is -2.34. The molecule has 2 aromatic carbocycles. The van der Waals surface area contributed by atoms with Crippen LogP contribution in [0.3, 0.4) is 0 Å². The van der Waals surface area contributed by atoms with E-state index in [9.17, 15) is 13.2 Å². The van der Waals surface area contributed by atoms with E-state index in [4.69, 9.17) is 0 Å². The van der Waals surface area contributed by atoms with E-state index in [0.29, 0.717) is 23.2 Å². The number of carbonyl (C=O) groups is 1. The van der Waals surface area contributed by atoms with Crippen LogP contribution in [0.4, 0.5) is 5.69 Å². The monoisotopic (exact) mass is 426 g/mol. The summed E-state index contributed by atoms with van der Waals surface area (Å²) in [6, 6.07) is 13.4. The fraction of sp³-hybridized carbons (Fsp3) is 0.458. The molecule has 2 aliphatic rings. The molecule has 0 aromatic heterocycles. The molecule has 1 N–H and O–H groups in total. The van der Waals surface area contributed by atoms with E-state index < -0.39 is 10.0 Å². The fourth-order valence-electron chi connectivity index (χ4n) is 4.97. The standard InChI is InChI=1S/C24H30N2O3S/c1-16-4-5-17(2)23(12-16)26(30(3,28)29)15-18-6-9-20(10-7-18)24(27)25-22-14-19-8-11-21(22)13-19/h4-7,9-10,12,19,21-22H,8,11,13-15H2,1-3H3,(H,25,27)/t19-,21-,22+/m0/s1. The lowest BCUT2D eigenvalue weighted by molar-refractivity contribution is 0.0923. The summed E-state index contributed by atoms with van der Waals surface area (Å²) >= 11 is 0. The smallest absolute Gasteiger partial charge is 0.251 e. The number of rotatable bonds is 6. The number of hydrogen-bond donors (Lipinski definition) is 1. The highest BCUT2D eigenvalue weighted by Crippen LogP contribution is 2.44. The van der Waals surface area contributed by atoms with Crippen LogP contribution >= 0.6 is 0 Å². The molecule has 2 aromatic rings. The number of fused-ring (bicyclic) bond motifs is 2. The number of aryl methyl sites for hydroxylation is 2. The van der Waals surface area contributed by atoms with Crippen LogP contribution in [0.5, 0.6) is 0 Å². The van der Waals surface area contributed by atoms with Crippen molar-refractivity contribution in [1.29, 1.82) is 0 Å². The summed E-state index contributed by atoms with van der Waals surface area (Å²) in [6.45, 7) is 4.10.